The first-order valence-corrected chi connectivity index (χ1v) is 14.5. The van der Waals surface area contributed by atoms with Gasteiger partial charge in [-0.3, -0.25) is 14.4 Å². The molecule has 4 N–H and O–H groups in total. The van der Waals surface area contributed by atoms with Crippen LogP contribution in [-0.4, -0.2) is 45.0 Å². The summed E-state index contributed by atoms with van der Waals surface area (Å²) in [6.07, 6.45) is 9.23. The number of aliphatic carboxylic acids is 2. The summed E-state index contributed by atoms with van der Waals surface area (Å²) >= 11 is 1.39. The van der Waals surface area contributed by atoms with Crippen molar-refractivity contribution < 1.29 is 91.7 Å². The van der Waals surface area contributed by atoms with Gasteiger partial charge in [0, 0.05) is 16.3 Å². The Morgan fingerprint density at radius 1 is 0.900 bits per heavy atom. The summed E-state index contributed by atoms with van der Waals surface area (Å²) in [6.45, 7) is 2.22. The van der Waals surface area contributed by atoms with E-state index < -0.39 is 36.3 Å². The molecule has 10 heteroatoms. The van der Waals surface area contributed by atoms with Gasteiger partial charge in [-0.25, -0.2) is 0 Å². The number of unbranched alkanes of at least 4 members (excludes halogenated alkanes) is 6. The number of carboxylic acid groups (broad SMARTS) is 2. The van der Waals surface area contributed by atoms with E-state index >= 15 is 0 Å². The zero-order valence-electron chi connectivity index (χ0n) is 26.2. The second-order valence-corrected chi connectivity index (χ2v) is 10.8. The molecule has 212 valence electrons. The molecule has 0 fully saturated rings. The average molecular weight is 592 g/mol. The van der Waals surface area contributed by atoms with Crippen LogP contribution in [0.2, 0.25) is 0 Å². The molecule has 0 spiro atoms. The molecule has 0 aliphatic heterocycles. The third kappa shape index (κ3) is 16.6. The second-order valence-electron chi connectivity index (χ2n) is 9.69. The van der Waals surface area contributed by atoms with Crippen molar-refractivity contribution in [3.63, 3.8) is 0 Å². The molecule has 7 nitrogen and oxygen atoms in total. The number of amides is 1. The van der Waals surface area contributed by atoms with Crippen LogP contribution in [0.3, 0.4) is 0 Å². The summed E-state index contributed by atoms with van der Waals surface area (Å²) in [5.74, 6) is -3.00. The Labute approximate surface area is 289 Å². The number of carboxylic acids is 2. The molecular weight excluding hydrogens is 548 g/mol. The van der Waals surface area contributed by atoms with Gasteiger partial charge in [-0.05, 0) is 55.0 Å². The van der Waals surface area contributed by atoms with Crippen LogP contribution in [0.4, 0.5) is 5.69 Å². The zero-order valence-corrected chi connectivity index (χ0v) is 29.0. The van der Waals surface area contributed by atoms with Gasteiger partial charge in [-0.15, -0.1) is 11.8 Å². The van der Waals surface area contributed by atoms with Crippen molar-refractivity contribution in [3.8, 4) is 0 Å². The summed E-state index contributed by atoms with van der Waals surface area (Å²) in [5, 5.41) is 31.5. The van der Waals surface area contributed by atoms with Crippen LogP contribution in [0.25, 0.3) is 0 Å². The molecule has 2 unspecified atom stereocenters. The average Bonchev–Trinajstić information content (AvgIpc) is 2.87. The molecule has 0 heterocycles. The fourth-order valence-corrected chi connectivity index (χ4v) is 5.21. The number of aryl methyl sites for hydroxylation is 1. The van der Waals surface area contributed by atoms with Crippen LogP contribution in [0.15, 0.2) is 53.4 Å². The van der Waals surface area contributed by atoms with Gasteiger partial charge in [0.15, 0.2) is 0 Å². The Hall–Kier alpha value is -0.840. The maximum atomic E-state index is 11.9. The number of nitrogens with one attached hydrogen (secondary N) is 1. The van der Waals surface area contributed by atoms with Crippen LogP contribution in [0, 0.1) is 0 Å². The topological polar surface area (TPSA) is 124 Å². The van der Waals surface area contributed by atoms with Crippen molar-refractivity contribution >= 4 is 35.3 Å². The molecule has 2 aromatic rings. The number of thioether (sulfide) groups is 1. The number of benzene rings is 2. The maximum Gasteiger partial charge on any atom is 1.00 e. The van der Waals surface area contributed by atoms with Gasteiger partial charge in [0.05, 0.1) is 12.0 Å². The molecule has 0 aliphatic carbocycles. The summed E-state index contributed by atoms with van der Waals surface area (Å²) < 4.78 is 0. The van der Waals surface area contributed by atoms with Crippen LogP contribution < -0.4 is 64.4 Å². The van der Waals surface area contributed by atoms with Gasteiger partial charge in [-0.2, -0.15) is 0 Å². The summed E-state index contributed by atoms with van der Waals surface area (Å²) in [5.41, 5.74) is 2.46. The predicted octanol–water partition coefficient (Wildman–Crippen LogP) is 0.728. The number of aliphatic hydroxyl groups excluding tert-OH is 1. The van der Waals surface area contributed by atoms with E-state index in [0.29, 0.717) is 24.3 Å². The van der Waals surface area contributed by atoms with E-state index in [1.54, 1.807) is 18.2 Å². The van der Waals surface area contributed by atoms with Crippen LogP contribution in [0.1, 0.15) is 91.0 Å². The SMILES string of the molecule is CCCCCCCCCc1ccc(C(CCC(O)CSc2cccc(NC(=O)CC(=O)O)c2)C(=O)O)cc1.[H-].[H-].[Na+].[Na+]. The molecule has 2 aromatic carbocycles. The van der Waals surface area contributed by atoms with E-state index in [0.717, 1.165) is 23.3 Å². The number of hydrogen-bond donors (Lipinski definition) is 4. The van der Waals surface area contributed by atoms with Gasteiger partial charge in [0.1, 0.15) is 6.42 Å². The monoisotopic (exact) mass is 591 g/mol. The largest absolute Gasteiger partial charge is 1.00 e. The molecule has 0 aromatic heterocycles. The van der Waals surface area contributed by atoms with E-state index in [1.165, 1.54) is 55.9 Å². The van der Waals surface area contributed by atoms with Crippen molar-refractivity contribution in [2.24, 2.45) is 0 Å². The Morgan fingerprint density at radius 3 is 2.17 bits per heavy atom. The van der Waals surface area contributed by atoms with E-state index in [2.05, 4.69) is 12.2 Å². The van der Waals surface area contributed by atoms with Gasteiger partial charge < -0.3 is 23.5 Å². The predicted molar refractivity (Wildman–Crippen MR) is 154 cm³/mol. The summed E-state index contributed by atoms with van der Waals surface area (Å²) in [4.78, 5) is 35.0. The third-order valence-electron chi connectivity index (χ3n) is 6.41. The number of rotatable bonds is 19. The van der Waals surface area contributed by atoms with Gasteiger partial charge >= 0.3 is 71.1 Å². The fraction of sp³-hybridized carbons (Fsp3) is 0.500. The minimum absolute atomic E-state index is 0. The Bertz CT molecular complexity index is 1030. The minimum Gasteiger partial charge on any atom is -1.00 e. The molecule has 0 saturated carbocycles. The van der Waals surface area contributed by atoms with Crippen LogP contribution >= 0.6 is 11.8 Å². The van der Waals surface area contributed by atoms with Crippen LogP contribution in [0.5, 0.6) is 0 Å². The number of aliphatic hydroxyl groups is 1. The quantitative estimate of drug-likeness (QED) is 0.0822. The Morgan fingerprint density at radius 2 is 1.55 bits per heavy atom. The van der Waals surface area contributed by atoms with E-state index in [9.17, 15) is 24.6 Å². The van der Waals surface area contributed by atoms with Crippen molar-refractivity contribution in [2.45, 2.75) is 94.5 Å². The van der Waals surface area contributed by atoms with E-state index in [1.807, 2.05) is 30.3 Å². The fourth-order valence-electron chi connectivity index (χ4n) is 4.28. The number of anilines is 1. The molecule has 2 rings (SSSR count). The molecular formula is C30H43NNa2O6S. The normalized spacial score (nSPS) is 11.9. The minimum atomic E-state index is -1.20. The smallest absolute Gasteiger partial charge is 1.00 e. The molecule has 40 heavy (non-hydrogen) atoms. The first-order valence-electron chi connectivity index (χ1n) is 13.5. The Kier molecular flexibility index (Phi) is 22.2. The van der Waals surface area contributed by atoms with E-state index in [-0.39, 0.29) is 62.0 Å². The molecule has 0 aliphatic rings. The molecule has 0 bridgehead atoms. The van der Waals surface area contributed by atoms with Gasteiger partial charge in [0.2, 0.25) is 5.91 Å². The Balaban J connectivity index is -0.00000380. The molecule has 2 atom stereocenters. The van der Waals surface area contributed by atoms with Crippen molar-refractivity contribution in [2.75, 3.05) is 11.1 Å². The first-order chi connectivity index (χ1) is 18.3. The maximum absolute atomic E-state index is 11.9. The number of hydrogen-bond acceptors (Lipinski definition) is 5. The second kappa shape index (κ2) is 22.7. The standard InChI is InChI=1S/C30H41NO6S.2Na.2H/c1-2-3-4-5-6-7-8-10-22-13-15-23(16-14-22)27(30(36)37)18-17-25(32)21-38-26-12-9-11-24(19-26)31-28(33)20-29(34)35;;;;/h9,11-16,19,25,27,32H,2-8,10,17-18,20-21H2,1H3,(H,31,33)(H,34,35)(H,36,37);;;;/q;2*+1;2*-1. The van der Waals surface area contributed by atoms with Crippen LogP contribution in [-0.2, 0) is 20.8 Å². The van der Waals surface area contributed by atoms with Crippen molar-refractivity contribution in [3.05, 3.63) is 59.7 Å². The number of carbonyl (C=O) groups is 3. The number of carbonyl (C=O) groups excluding carboxylic acids is 1. The van der Waals surface area contributed by atoms with E-state index in [4.69, 9.17) is 5.11 Å². The van der Waals surface area contributed by atoms with Crippen molar-refractivity contribution in [1.29, 1.82) is 0 Å². The summed E-state index contributed by atoms with van der Waals surface area (Å²) in [7, 11) is 0. The zero-order chi connectivity index (χ0) is 27.8. The summed E-state index contributed by atoms with van der Waals surface area (Å²) in [6, 6.07) is 14.8. The van der Waals surface area contributed by atoms with Gasteiger partial charge in [-0.1, -0.05) is 75.8 Å². The molecule has 0 saturated heterocycles. The molecule has 1 amide bonds. The third-order valence-corrected chi connectivity index (χ3v) is 7.55. The van der Waals surface area contributed by atoms with Gasteiger partial charge in [0.25, 0.3) is 0 Å². The molecule has 0 radical (unpaired) electrons. The first kappa shape index (κ1) is 39.2. The van der Waals surface area contributed by atoms with Crippen molar-refractivity contribution in [1.82, 2.24) is 0 Å².